The van der Waals surface area contributed by atoms with Crippen LogP contribution in [0.4, 0.5) is 0 Å². The van der Waals surface area contributed by atoms with Gasteiger partial charge in [0, 0.05) is 44.3 Å². The monoisotopic (exact) mass is 223 g/mol. The first-order valence-corrected chi connectivity index (χ1v) is 7.06. The smallest absolute Gasteiger partial charge is 0.0113 e. The minimum atomic E-state index is 0.472. The number of hydrogen-bond acceptors (Lipinski definition) is 3. The molecule has 1 aliphatic heterocycles. The van der Waals surface area contributed by atoms with E-state index in [0.29, 0.717) is 6.04 Å². The molecule has 0 amide bonds. The van der Waals surface area contributed by atoms with Crippen LogP contribution in [0.3, 0.4) is 0 Å². The van der Waals surface area contributed by atoms with Gasteiger partial charge in [0.1, 0.15) is 0 Å². The molecule has 3 aliphatic rings. The van der Waals surface area contributed by atoms with Crippen LogP contribution in [0.15, 0.2) is 0 Å². The van der Waals surface area contributed by atoms with Gasteiger partial charge in [0.15, 0.2) is 0 Å². The minimum absolute atomic E-state index is 0.472. The topological polar surface area (TPSA) is 32.5 Å². The van der Waals surface area contributed by atoms with Crippen LogP contribution < -0.4 is 5.73 Å². The van der Waals surface area contributed by atoms with Crippen molar-refractivity contribution in [3.63, 3.8) is 0 Å². The molecule has 2 aliphatic carbocycles. The van der Waals surface area contributed by atoms with E-state index in [-0.39, 0.29) is 0 Å². The standard InChI is InChI=1S/C13H25N3/c14-11-2-1-3-13(10-11)16-8-6-15(7-9-16)12-4-5-12/h11-13H,1-10,14H2/t11-,13+/m0/s1. The van der Waals surface area contributed by atoms with Crippen molar-refractivity contribution < 1.29 is 0 Å². The maximum absolute atomic E-state index is 6.08. The molecule has 92 valence electrons. The van der Waals surface area contributed by atoms with E-state index >= 15 is 0 Å². The Bertz CT molecular complexity index is 231. The zero-order chi connectivity index (χ0) is 11.0. The summed E-state index contributed by atoms with van der Waals surface area (Å²) in [6.45, 7) is 5.18. The second kappa shape index (κ2) is 4.63. The van der Waals surface area contributed by atoms with Crippen LogP contribution >= 0.6 is 0 Å². The zero-order valence-corrected chi connectivity index (χ0v) is 10.3. The minimum Gasteiger partial charge on any atom is -0.328 e. The van der Waals surface area contributed by atoms with E-state index in [2.05, 4.69) is 9.80 Å². The third-order valence-corrected chi connectivity index (χ3v) is 4.62. The summed E-state index contributed by atoms with van der Waals surface area (Å²) in [4.78, 5) is 5.40. The Morgan fingerprint density at radius 1 is 0.750 bits per heavy atom. The van der Waals surface area contributed by atoms with Gasteiger partial charge in [0.25, 0.3) is 0 Å². The molecule has 3 rings (SSSR count). The quantitative estimate of drug-likeness (QED) is 0.759. The number of rotatable bonds is 2. The molecule has 2 atom stereocenters. The second-order valence-electron chi connectivity index (χ2n) is 5.88. The average Bonchev–Trinajstić information content (AvgIpc) is 3.13. The lowest BCUT2D eigenvalue weighted by Crippen LogP contribution is -2.52. The third kappa shape index (κ3) is 2.41. The molecule has 1 heterocycles. The third-order valence-electron chi connectivity index (χ3n) is 4.62. The molecule has 0 aromatic heterocycles. The molecular formula is C13H25N3. The Kier molecular flexibility index (Phi) is 3.18. The lowest BCUT2D eigenvalue weighted by Gasteiger charge is -2.42. The molecule has 3 nitrogen and oxygen atoms in total. The second-order valence-corrected chi connectivity index (χ2v) is 5.88. The van der Waals surface area contributed by atoms with Crippen LogP contribution in [0.25, 0.3) is 0 Å². The molecule has 16 heavy (non-hydrogen) atoms. The average molecular weight is 223 g/mol. The SMILES string of the molecule is N[C@H]1CCC[C@@H](N2CCN(C3CC3)CC2)C1. The Morgan fingerprint density at radius 2 is 1.38 bits per heavy atom. The molecule has 0 bridgehead atoms. The van der Waals surface area contributed by atoms with Crippen molar-refractivity contribution in [1.29, 1.82) is 0 Å². The lowest BCUT2D eigenvalue weighted by molar-refractivity contribution is 0.0716. The van der Waals surface area contributed by atoms with Crippen molar-refractivity contribution >= 4 is 0 Å². The molecule has 0 aromatic rings. The zero-order valence-electron chi connectivity index (χ0n) is 10.3. The summed E-state index contributed by atoms with van der Waals surface area (Å²) in [6, 6.07) is 2.22. The van der Waals surface area contributed by atoms with Crippen molar-refractivity contribution in [2.75, 3.05) is 26.2 Å². The summed E-state index contributed by atoms with van der Waals surface area (Å²) >= 11 is 0. The van der Waals surface area contributed by atoms with Gasteiger partial charge in [-0.05, 0) is 32.1 Å². The number of hydrogen-bond donors (Lipinski definition) is 1. The Labute approximate surface area is 99.0 Å². The fourth-order valence-corrected chi connectivity index (χ4v) is 3.44. The van der Waals surface area contributed by atoms with E-state index in [9.17, 15) is 0 Å². The molecule has 0 aromatic carbocycles. The van der Waals surface area contributed by atoms with Gasteiger partial charge in [0.05, 0.1) is 0 Å². The van der Waals surface area contributed by atoms with Crippen molar-refractivity contribution in [2.45, 2.75) is 56.7 Å². The van der Waals surface area contributed by atoms with Crippen LogP contribution in [0, 0.1) is 0 Å². The van der Waals surface area contributed by atoms with Crippen LogP contribution in [-0.2, 0) is 0 Å². The first kappa shape index (κ1) is 11.0. The maximum Gasteiger partial charge on any atom is 0.0113 e. The highest BCUT2D eigenvalue weighted by atomic mass is 15.3. The fourth-order valence-electron chi connectivity index (χ4n) is 3.44. The number of piperazine rings is 1. The van der Waals surface area contributed by atoms with Gasteiger partial charge in [0.2, 0.25) is 0 Å². The van der Waals surface area contributed by atoms with E-state index < -0.39 is 0 Å². The molecule has 0 spiro atoms. The Morgan fingerprint density at radius 3 is 1.94 bits per heavy atom. The first-order valence-electron chi connectivity index (χ1n) is 7.06. The summed E-state index contributed by atoms with van der Waals surface area (Å²) < 4.78 is 0. The first-order chi connectivity index (χ1) is 7.83. The number of nitrogens with zero attached hydrogens (tertiary/aromatic N) is 2. The summed E-state index contributed by atoms with van der Waals surface area (Å²) in [5, 5.41) is 0. The highest BCUT2D eigenvalue weighted by Crippen LogP contribution is 2.29. The van der Waals surface area contributed by atoms with Gasteiger partial charge in [-0.1, -0.05) is 6.42 Å². The van der Waals surface area contributed by atoms with Gasteiger partial charge < -0.3 is 5.73 Å². The Hall–Kier alpha value is -0.120. The van der Waals surface area contributed by atoms with Gasteiger partial charge >= 0.3 is 0 Å². The van der Waals surface area contributed by atoms with Gasteiger partial charge in [-0.3, -0.25) is 9.80 Å². The maximum atomic E-state index is 6.08. The molecule has 0 unspecified atom stereocenters. The molecule has 2 saturated carbocycles. The van der Waals surface area contributed by atoms with Crippen LogP contribution in [0.5, 0.6) is 0 Å². The number of nitrogens with two attached hydrogens (primary N) is 1. The van der Waals surface area contributed by atoms with E-state index in [0.717, 1.165) is 12.1 Å². The van der Waals surface area contributed by atoms with Crippen LogP contribution in [0.1, 0.15) is 38.5 Å². The van der Waals surface area contributed by atoms with Crippen molar-refractivity contribution in [2.24, 2.45) is 5.73 Å². The summed E-state index contributed by atoms with van der Waals surface area (Å²) in [6.07, 6.45) is 8.12. The normalized spacial score (nSPS) is 38.8. The van der Waals surface area contributed by atoms with Crippen LogP contribution in [-0.4, -0.2) is 54.1 Å². The molecule has 3 heteroatoms. The molecular weight excluding hydrogens is 198 g/mol. The van der Waals surface area contributed by atoms with E-state index in [1.165, 1.54) is 64.7 Å². The largest absolute Gasteiger partial charge is 0.328 e. The van der Waals surface area contributed by atoms with Gasteiger partial charge in [-0.25, -0.2) is 0 Å². The highest BCUT2D eigenvalue weighted by Gasteiger charge is 2.33. The lowest BCUT2D eigenvalue weighted by atomic mass is 9.90. The predicted molar refractivity (Wildman–Crippen MR) is 66.4 cm³/mol. The van der Waals surface area contributed by atoms with E-state index in [1.807, 2.05) is 0 Å². The molecule has 1 saturated heterocycles. The van der Waals surface area contributed by atoms with Crippen molar-refractivity contribution in [1.82, 2.24) is 9.80 Å². The predicted octanol–water partition coefficient (Wildman–Crippen LogP) is 1.04. The summed E-state index contributed by atoms with van der Waals surface area (Å²) in [5.74, 6) is 0. The Balaban J connectivity index is 1.48. The summed E-state index contributed by atoms with van der Waals surface area (Å²) in [7, 11) is 0. The van der Waals surface area contributed by atoms with Crippen molar-refractivity contribution in [3.8, 4) is 0 Å². The summed E-state index contributed by atoms with van der Waals surface area (Å²) in [5.41, 5.74) is 6.08. The van der Waals surface area contributed by atoms with E-state index in [1.54, 1.807) is 0 Å². The van der Waals surface area contributed by atoms with E-state index in [4.69, 9.17) is 5.73 Å². The fraction of sp³-hybridized carbons (Fsp3) is 1.00. The molecule has 3 fully saturated rings. The molecule has 0 radical (unpaired) electrons. The van der Waals surface area contributed by atoms with Gasteiger partial charge in [-0.15, -0.1) is 0 Å². The molecule has 2 N–H and O–H groups in total. The van der Waals surface area contributed by atoms with Crippen LogP contribution in [0.2, 0.25) is 0 Å². The van der Waals surface area contributed by atoms with Crippen molar-refractivity contribution in [3.05, 3.63) is 0 Å². The highest BCUT2D eigenvalue weighted by molar-refractivity contribution is 4.90. The van der Waals surface area contributed by atoms with Gasteiger partial charge in [-0.2, -0.15) is 0 Å².